The summed E-state index contributed by atoms with van der Waals surface area (Å²) < 4.78 is 5.74. The molecule has 0 radical (unpaired) electrons. The molecular weight excluding hydrogens is 358 g/mol. The van der Waals surface area contributed by atoms with Crippen molar-refractivity contribution in [3.63, 3.8) is 0 Å². The van der Waals surface area contributed by atoms with Gasteiger partial charge >= 0.3 is 0 Å². The molecule has 0 aliphatic carbocycles. The molecule has 28 heavy (non-hydrogen) atoms. The van der Waals surface area contributed by atoms with Gasteiger partial charge in [-0.05, 0) is 36.0 Å². The zero-order chi connectivity index (χ0) is 20.5. The normalized spacial score (nSPS) is 14.2. The average Bonchev–Trinajstić information content (AvgIpc) is 2.68. The minimum Gasteiger partial charge on any atom is -0.392 e. The van der Waals surface area contributed by atoms with Crippen LogP contribution >= 0.6 is 0 Å². The van der Waals surface area contributed by atoms with E-state index in [-0.39, 0.29) is 29.7 Å². The highest BCUT2D eigenvalue weighted by Gasteiger charge is 2.21. The van der Waals surface area contributed by atoms with E-state index in [4.69, 9.17) is 4.74 Å². The molecule has 6 nitrogen and oxygen atoms in total. The van der Waals surface area contributed by atoms with Crippen LogP contribution in [0.3, 0.4) is 0 Å². The fourth-order valence-electron chi connectivity index (χ4n) is 3.09. The van der Waals surface area contributed by atoms with E-state index in [2.05, 4.69) is 6.92 Å². The van der Waals surface area contributed by atoms with Gasteiger partial charge in [-0.1, -0.05) is 44.2 Å². The average molecular weight is 385 g/mol. The maximum Gasteiger partial charge on any atom is 0.269 e. The Bertz CT molecular complexity index is 760. The summed E-state index contributed by atoms with van der Waals surface area (Å²) >= 11 is 0. The van der Waals surface area contributed by atoms with E-state index >= 15 is 0 Å². The number of nitro groups is 1. The van der Waals surface area contributed by atoms with E-state index in [1.165, 1.54) is 24.3 Å². The molecule has 150 valence electrons. The molecule has 2 aromatic rings. The fourth-order valence-corrected chi connectivity index (χ4v) is 3.09. The van der Waals surface area contributed by atoms with Crippen molar-refractivity contribution in [2.45, 2.75) is 39.4 Å². The van der Waals surface area contributed by atoms with Crippen LogP contribution < -0.4 is 0 Å². The number of aliphatic hydroxyl groups excluding tert-OH is 1. The first-order valence-corrected chi connectivity index (χ1v) is 9.44. The predicted molar refractivity (Wildman–Crippen MR) is 107 cm³/mol. The second-order valence-electron chi connectivity index (χ2n) is 7.32. The highest BCUT2D eigenvalue weighted by Crippen LogP contribution is 2.21. The van der Waals surface area contributed by atoms with Crippen molar-refractivity contribution in [1.29, 1.82) is 0 Å². The molecule has 6 heteroatoms. The second-order valence-corrected chi connectivity index (χ2v) is 7.32. The first kappa shape index (κ1) is 21.7. The van der Waals surface area contributed by atoms with Gasteiger partial charge in [0.2, 0.25) is 0 Å². The number of nitro benzene ring substituents is 1. The molecule has 1 N–H and O–H groups in total. The van der Waals surface area contributed by atoms with Gasteiger partial charge in [0.25, 0.3) is 5.69 Å². The Morgan fingerprint density at radius 1 is 1.11 bits per heavy atom. The third-order valence-electron chi connectivity index (χ3n) is 4.74. The van der Waals surface area contributed by atoms with E-state index < -0.39 is 11.0 Å². The summed E-state index contributed by atoms with van der Waals surface area (Å²) in [5.74, 6) is -0.0256. The van der Waals surface area contributed by atoms with Crippen LogP contribution in [0.4, 0.5) is 5.69 Å². The molecule has 0 bridgehead atoms. The first-order valence-electron chi connectivity index (χ1n) is 9.44. The van der Waals surface area contributed by atoms with Crippen LogP contribution in [0.2, 0.25) is 0 Å². The van der Waals surface area contributed by atoms with Gasteiger partial charge < -0.3 is 9.84 Å². The lowest BCUT2D eigenvalue weighted by Crippen LogP contribution is -2.24. The van der Waals surface area contributed by atoms with Crippen molar-refractivity contribution < 1.29 is 19.6 Å². The number of ketones is 1. The molecule has 0 saturated carbocycles. The summed E-state index contributed by atoms with van der Waals surface area (Å²) in [6.07, 6.45) is -0.0284. The van der Waals surface area contributed by atoms with Crippen LogP contribution in [0.1, 0.15) is 42.6 Å². The van der Waals surface area contributed by atoms with Crippen LogP contribution in [0.5, 0.6) is 0 Å². The number of hydrogen-bond donors (Lipinski definition) is 1. The largest absolute Gasteiger partial charge is 0.392 e. The lowest BCUT2D eigenvalue weighted by atomic mass is 9.89. The van der Waals surface area contributed by atoms with E-state index in [0.29, 0.717) is 18.8 Å². The lowest BCUT2D eigenvalue weighted by molar-refractivity contribution is -0.384. The van der Waals surface area contributed by atoms with Crippen molar-refractivity contribution in [2.75, 3.05) is 6.61 Å². The maximum atomic E-state index is 12.3. The number of hydrogen-bond acceptors (Lipinski definition) is 5. The monoisotopic (exact) mass is 385 g/mol. The highest BCUT2D eigenvalue weighted by atomic mass is 16.6. The SMILES string of the molecule is C[C@@H](COCc1ccccc1)C[C@@H](C)[C@H](O)CC(=O)c1ccc([N+](=O)[O-])cc1. The smallest absolute Gasteiger partial charge is 0.269 e. The van der Waals surface area contributed by atoms with Crippen LogP contribution in [0.25, 0.3) is 0 Å². The number of benzene rings is 2. The summed E-state index contributed by atoms with van der Waals surface area (Å²) in [6, 6.07) is 15.4. The number of Topliss-reactive ketones (excluding diaryl/α,β-unsaturated/α-hetero) is 1. The summed E-state index contributed by atoms with van der Waals surface area (Å²) in [7, 11) is 0. The summed E-state index contributed by atoms with van der Waals surface area (Å²) in [6.45, 7) is 5.12. The Morgan fingerprint density at radius 3 is 2.36 bits per heavy atom. The minimum absolute atomic E-state index is 0.00340. The predicted octanol–water partition coefficient (Wildman–Crippen LogP) is 4.41. The Hall–Kier alpha value is -2.57. The number of ether oxygens (including phenoxy) is 1. The molecular formula is C22H27NO5. The van der Waals surface area contributed by atoms with Crippen molar-refractivity contribution >= 4 is 11.5 Å². The number of non-ortho nitro benzene ring substituents is 1. The topological polar surface area (TPSA) is 89.7 Å². The van der Waals surface area contributed by atoms with Gasteiger partial charge in [0.1, 0.15) is 0 Å². The third-order valence-corrected chi connectivity index (χ3v) is 4.74. The van der Waals surface area contributed by atoms with Gasteiger partial charge in [0.05, 0.1) is 17.6 Å². The summed E-state index contributed by atoms with van der Waals surface area (Å²) in [5.41, 5.74) is 1.43. The van der Waals surface area contributed by atoms with Crippen LogP contribution in [-0.4, -0.2) is 28.5 Å². The summed E-state index contributed by atoms with van der Waals surface area (Å²) in [5, 5.41) is 21.1. The third kappa shape index (κ3) is 6.87. The number of nitrogens with zero attached hydrogens (tertiary/aromatic N) is 1. The molecule has 3 atom stereocenters. The Balaban J connectivity index is 1.75. The molecule has 0 aliphatic heterocycles. The standard InChI is InChI=1S/C22H27NO5/c1-16(14-28-15-18-6-4-3-5-7-18)12-17(2)21(24)13-22(25)19-8-10-20(11-9-19)23(26)27/h3-11,16-17,21,24H,12-15H2,1-2H3/t16-,17-,21-/m1/s1. The summed E-state index contributed by atoms with van der Waals surface area (Å²) in [4.78, 5) is 22.5. The molecule has 0 aromatic heterocycles. The van der Waals surface area contributed by atoms with E-state index in [0.717, 1.165) is 12.0 Å². The Kier molecular flexibility index (Phi) is 8.29. The second kappa shape index (κ2) is 10.7. The maximum absolute atomic E-state index is 12.3. The molecule has 0 heterocycles. The Labute approximate surface area is 165 Å². The zero-order valence-electron chi connectivity index (χ0n) is 16.3. The number of aliphatic hydroxyl groups is 1. The van der Waals surface area contributed by atoms with Crippen LogP contribution in [-0.2, 0) is 11.3 Å². The number of rotatable bonds is 11. The minimum atomic E-state index is -0.765. The molecule has 0 unspecified atom stereocenters. The van der Waals surface area contributed by atoms with E-state index in [1.807, 2.05) is 37.3 Å². The van der Waals surface area contributed by atoms with E-state index in [1.54, 1.807) is 0 Å². The van der Waals surface area contributed by atoms with Gasteiger partial charge in [0, 0.05) is 30.7 Å². The van der Waals surface area contributed by atoms with Crippen molar-refractivity contribution in [3.8, 4) is 0 Å². The van der Waals surface area contributed by atoms with Crippen LogP contribution in [0.15, 0.2) is 54.6 Å². The van der Waals surface area contributed by atoms with Crippen molar-refractivity contribution in [2.24, 2.45) is 11.8 Å². The van der Waals surface area contributed by atoms with Crippen molar-refractivity contribution in [1.82, 2.24) is 0 Å². The van der Waals surface area contributed by atoms with E-state index in [9.17, 15) is 20.0 Å². The van der Waals surface area contributed by atoms with Crippen molar-refractivity contribution in [3.05, 3.63) is 75.8 Å². The first-order chi connectivity index (χ1) is 13.4. The fraction of sp³-hybridized carbons (Fsp3) is 0.409. The van der Waals surface area contributed by atoms with Gasteiger partial charge in [0.15, 0.2) is 5.78 Å². The van der Waals surface area contributed by atoms with Gasteiger partial charge in [-0.3, -0.25) is 14.9 Å². The van der Waals surface area contributed by atoms with Gasteiger partial charge in [-0.15, -0.1) is 0 Å². The number of carbonyl (C=O) groups excluding carboxylic acids is 1. The lowest BCUT2D eigenvalue weighted by Gasteiger charge is -2.22. The van der Waals surface area contributed by atoms with Crippen LogP contribution in [0, 0.1) is 22.0 Å². The highest BCUT2D eigenvalue weighted by molar-refractivity contribution is 5.96. The zero-order valence-corrected chi connectivity index (χ0v) is 16.3. The number of carbonyl (C=O) groups is 1. The Morgan fingerprint density at radius 2 is 1.75 bits per heavy atom. The molecule has 2 aromatic carbocycles. The molecule has 0 aliphatic rings. The molecule has 2 rings (SSSR count). The van der Waals surface area contributed by atoms with Gasteiger partial charge in [-0.25, -0.2) is 0 Å². The van der Waals surface area contributed by atoms with Gasteiger partial charge in [-0.2, -0.15) is 0 Å². The molecule has 0 amide bonds. The molecule has 0 fully saturated rings. The molecule has 0 saturated heterocycles. The quantitative estimate of drug-likeness (QED) is 0.352. The molecule has 0 spiro atoms.